The number of amides is 1. The molecule has 2 unspecified atom stereocenters. The number of likely N-dealkylation sites (tertiary alicyclic amines) is 1. The zero-order valence-corrected chi connectivity index (χ0v) is 13.1. The number of carboxylic acids is 1. The summed E-state index contributed by atoms with van der Waals surface area (Å²) in [5.74, 6) is -0.322. The molecule has 5 heteroatoms. The average molecular weight is 284 g/mol. The molecular weight excluding hydrogens is 256 g/mol. The number of nitrogens with one attached hydrogen (secondary N) is 1. The van der Waals surface area contributed by atoms with Gasteiger partial charge in [-0.05, 0) is 38.6 Å². The molecular formula is C15H28N2O3. The lowest BCUT2D eigenvalue weighted by molar-refractivity contribution is -0.154. The first-order valence-corrected chi connectivity index (χ1v) is 7.57. The smallest absolute Gasteiger partial charge is 0.310 e. The van der Waals surface area contributed by atoms with Crippen molar-refractivity contribution in [1.29, 1.82) is 0 Å². The van der Waals surface area contributed by atoms with Gasteiger partial charge in [-0.2, -0.15) is 0 Å². The van der Waals surface area contributed by atoms with Gasteiger partial charge in [0.25, 0.3) is 0 Å². The van der Waals surface area contributed by atoms with Crippen molar-refractivity contribution in [2.24, 2.45) is 11.3 Å². The zero-order valence-electron chi connectivity index (χ0n) is 13.1. The van der Waals surface area contributed by atoms with E-state index in [1.165, 1.54) is 0 Å². The lowest BCUT2D eigenvalue weighted by atomic mass is 9.77. The van der Waals surface area contributed by atoms with Gasteiger partial charge in [-0.3, -0.25) is 14.5 Å². The largest absolute Gasteiger partial charge is 0.481 e. The predicted molar refractivity (Wildman–Crippen MR) is 78.5 cm³/mol. The van der Waals surface area contributed by atoms with E-state index in [2.05, 4.69) is 19.2 Å². The molecule has 1 saturated heterocycles. The average Bonchev–Trinajstić information content (AvgIpc) is 2.43. The molecule has 0 radical (unpaired) electrons. The molecule has 1 aliphatic heterocycles. The van der Waals surface area contributed by atoms with Crippen molar-refractivity contribution in [3.63, 3.8) is 0 Å². The Morgan fingerprint density at radius 1 is 1.35 bits per heavy atom. The topological polar surface area (TPSA) is 69.6 Å². The second-order valence-electron chi connectivity index (χ2n) is 6.33. The fourth-order valence-corrected chi connectivity index (χ4v) is 2.73. The van der Waals surface area contributed by atoms with Gasteiger partial charge in [0, 0.05) is 13.1 Å². The molecule has 0 saturated carbocycles. The van der Waals surface area contributed by atoms with Crippen molar-refractivity contribution in [1.82, 2.24) is 10.2 Å². The maximum Gasteiger partial charge on any atom is 0.310 e. The van der Waals surface area contributed by atoms with Crippen LogP contribution in [0.3, 0.4) is 0 Å². The molecule has 0 spiro atoms. The van der Waals surface area contributed by atoms with Crippen molar-refractivity contribution in [3.8, 4) is 0 Å². The van der Waals surface area contributed by atoms with Gasteiger partial charge in [-0.25, -0.2) is 0 Å². The lowest BCUT2D eigenvalue weighted by Gasteiger charge is -2.41. The summed E-state index contributed by atoms with van der Waals surface area (Å²) in [4.78, 5) is 25.7. The molecule has 0 bridgehead atoms. The molecule has 1 rings (SSSR count). The third-order valence-corrected chi connectivity index (χ3v) is 4.35. The highest BCUT2D eigenvalue weighted by atomic mass is 16.4. The molecule has 0 aromatic rings. The van der Waals surface area contributed by atoms with Gasteiger partial charge in [0.05, 0.1) is 11.5 Å². The predicted octanol–water partition coefficient (Wildman–Crippen LogP) is 1.72. The third kappa shape index (κ3) is 3.95. The van der Waals surface area contributed by atoms with Gasteiger partial charge in [0.15, 0.2) is 0 Å². The van der Waals surface area contributed by atoms with E-state index >= 15 is 0 Å². The van der Waals surface area contributed by atoms with Crippen molar-refractivity contribution in [2.45, 2.75) is 53.0 Å². The monoisotopic (exact) mass is 284 g/mol. The zero-order chi connectivity index (χ0) is 15.3. The van der Waals surface area contributed by atoms with E-state index in [0.29, 0.717) is 31.8 Å². The molecule has 1 amide bonds. The summed E-state index contributed by atoms with van der Waals surface area (Å²) in [5, 5.41) is 12.4. The molecule has 116 valence electrons. The van der Waals surface area contributed by atoms with E-state index in [1.807, 2.05) is 18.7 Å². The maximum atomic E-state index is 12.1. The number of rotatable bonds is 6. The summed E-state index contributed by atoms with van der Waals surface area (Å²) in [5.41, 5.74) is -0.690. The number of hydrogen-bond donors (Lipinski definition) is 2. The minimum absolute atomic E-state index is 0.00371. The van der Waals surface area contributed by atoms with Crippen LogP contribution >= 0.6 is 0 Å². The van der Waals surface area contributed by atoms with Crippen LogP contribution in [0.25, 0.3) is 0 Å². The van der Waals surface area contributed by atoms with Gasteiger partial charge in [-0.15, -0.1) is 0 Å². The van der Waals surface area contributed by atoms with Crippen LogP contribution in [0.5, 0.6) is 0 Å². The quantitative estimate of drug-likeness (QED) is 0.779. The van der Waals surface area contributed by atoms with Crippen LogP contribution in [0.15, 0.2) is 0 Å². The molecule has 5 nitrogen and oxygen atoms in total. The van der Waals surface area contributed by atoms with Gasteiger partial charge in [0.2, 0.25) is 5.91 Å². The fourth-order valence-electron chi connectivity index (χ4n) is 2.73. The van der Waals surface area contributed by atoms with Crippen LogP contribution in [-0.4, -0.2) is 47.6 Å². The summed E-state index contributed by atoms with van der Waals surface area (Å²) in [6.45, 7) is 9.82. The molecule has 2 N–H and O–H groups in total. The molecule has 1 aliphatic rings. The standard InChI is InChI=1S/C15H28N2O3/c1-5-15(14(19)20)7-6-8-17(10-15)12(4)13(18)16-9-11(2)3/h11-12H,5-10H2,1-4H3,(H,16,18)(H,19,20). The van der Waals surface area contributed by atoms with Gasteiger partial charge >= 0.3 is 5.97 Å². The minimum Gasteiger partial charge on any atom is -0.481 e. The molecule has 1 fully saturated rings. The molecule has 1 heterocycles. The Hall–Kier alpha value is -1.10. The molecule has 0 aromatic heterocycles. The van der Waals surface area contributed by atoms with E-state index in [9.17, 15) is 14.7 Å². The van der Waals surface area contributed by atoms with Crippen molar-refractivity contribution < 1.29 is 14.7 Å². The van der Waals surface area contributed by atoms with Gasteiger partial charge in [0.1, 0.15) is 0 Å². The summed E-state index contributed by atoms with van der Waals surface area (Å²) < 4.78 is 0. The number of aliphatic carboxylic acids is 1. The number of piperidine rings is 1. The summed E-state index contributed by atoms with van der Waals surface area (Å²) in [6.07, 6.45) is 2.15. The van der Waals surface area contributed by atoms with E-state index in [-0.39, 0.29) is 11.9 Å². The second-order valence-corrected chi connectivity index (χ2v) is 6.33. The number of carbonyl (C=O) groups is 2. The van der Waals surface area contributed by atoms with Crippen LogP contribution in [0, 0.1) is 11.3 Å². The van der Waals surface area contributed by atoms with Crippen LogP contribution in [0.4, 0.5) is 0 Å². The van der Waals surface area contributed by atoms with E-state index in [0.717, 1.165) is 13.0 Å². The Morgan fingerprint density at radius 2 is 2.00 bits per heavy atom. The van der Waals surface area contributed by atoms with Gasteiger partial charge in [-0.1, -0.05) is 20.8 Å². The first kappa shape index (κ1) is 17.0. The Labute approximate surface area is 121 Å². The first-order valence-electron chi connectivity index (χ1n) is 7.57. The van der Waals surface area contributed by atoms with E-state index in [1.54, 1.807) is 0 Å². The SMILES string of the molecule is CCC1(C(=O)O)CCCN(C(C)C(=O)NCC(C)C)C1. The second kappa shape index (κ2) is 7.07. The van der Waals surface area contributed by atoms with Crippen LogP contribution in [0.2, 0.25) is 0 Å². The molecule has 2 atom stereocenters. The Kier molecular flexibility index (Phi) is 5.99. The number of nitrogens with zero attached hydrogens (tertiary/aromatic N) is 1. The van der Waals surface area contributed by atoms with Crippen molar-refractivity contribution >= 4 is 11.9 Å². The van der Waals surface area contributed by atoms with Crippen LogP contribution < -0.4 is 5.32 Å². The number of carboxylic acid groups (broad SMARTS) is 1. The highest BCUT2D eigenvalue weighted by molar-refractivity contribution is 5.81. The highest BCUT2D eigenvalue weighted by Gasteiger charge is 2.42. The Bertz CT molecular complexity index is 357. The molecule has 20 heavy (non-hydrogen) atoms. The molecule has 0 aliphatic carbocycles. The van der Waals surface area contributed by atoms with Crippen molar-refractivity contribution in [2.75, 3.05) is 19.6 Å². The van der Waals surface area contributed by atoms with E-state index in [4.69, 9.17) is 0 Å². The maximum absolute atomic E-state index is 12.1. The summed E-state index contributed by atoms with van der Waals surface area (Å²) in [6, 6.07) is -0.265. The van der Waals surface area contributed by atoms with Crippen LogP contribution in [-0.2, 0) is 9.59 Å². The summed E-state index contributed by atoms with van der Waals surface area (Å²) in [7, 11) is 0. The van der Waals surface area contributed by atoms with Gasteiger partial charge < -0.3 is 10.4 Å². The number of carbonyl (C=O) groups excluding carboxylic acids is 1. The Balaban J connectivity index is 2.66. The first-order chi connectivity index (χ1) is 9.32. The highest BCUT2D eigenvalue weighted by Crippen LogP contribution is 2.34. The minimum atomic E-state index is -0.737. The fraction of sp³-hybridized carbons (Fsp3) is 0.867. The van der Waals surface area contributed by atoms with Crippen LogP contribution in [0.1, 0.15) is 47.0 Å². The normalized spacial score (nSPS) is 25.4. The summed E-state index contributed by atoms with van der Waals surface area (Å²) >= 11 is 0. The molecule has 0 aromatic carbocycles. The van der Waals surface area contributed by atoms with Crippen molar-refractivity contribution in [3.05, 3.63) is 0 Å². The number of hydrogen-bond acceptors (Lipinski definition) is 3. The third-order valence-electron chi connectivity index (χ3n) is 4.35. The Morgan fingerprint density at radius 3 is 2.50 bits per heavy atom. The lowest BCUT2D eigenvalue weighted by Crippen LogP contribution is -2.54. The van der Waals surface area contributed by atoms with E-state index < -0.39 is 11.4 Å².